The van der Waals surface area contributed by atoms with Gasteiger partial charge in [0.25, 0.3) is 0 Å². The number of nitrogens with one attached hydrogen (secondary N) is 1. The third-order valence-electron chi connectivity index (χ3n) is 3.03. The summed E-state index contributed by atoms with van der Waals surface area (Å²) >= 11 is 0. The third kappa shape index (κ3) is 1.84. The maximum atomic E-state index is 11.8. The van der Waals surface area contributed by atoms with Crippen LogP contribution >= 0.6 is 0 Å². The molecule has 0 unspecified atom stereocenters. The van der Waals surface area contributed by atoms with E-state index in [0.717, 1.165) is 11.3 Å². The molecule has 3 nitrogen and oxygen atoms in total. The Hall–Kier alpha value is -1.09. The zero-order chi connectivity index (χ0) is 11.0. The highest BCUT2D eigenvalue weighted by Gasteiger charge is 2.27. The summed E-state index contributed by atoms with van der Waals surface area (Å²) in [5.74, 6) is 0.192. The first kappa shape index (κ1) is 10.4. The average Bonchev–Trinajstić information content (AvgIpc) is 2.95. The molecule has 1 fully saturated rings. The fourth-order valence-electron chi connectivity index (χ4n) is 2.21. The van der Waals surface area contributed by atoms with Gasteiger partial charge in [-0.3, -0.25) is 4.79 Å². The first-order valence-corrected chi connectivity index (χ1v) is 5.51. The number of carbonyl (C=O) groups is 1. The molecule has 0 saturated heterocycles. The molecule has 1 aliphatic carbocycles. The minimum Gasteiger partial charge on any atom is -0.345 e. The number of hydrogen-bond acceptors (Lipinski definition) is 2. The zero-order valence-corrected chi connectivity index (χ0v) is 9.63. The fourth-order valence-corrected chi connectivity index (χ4v) is 2.21. The highest BCUT2D eigenvalue weighted by atomic mass is 16.1. The summed E-state index contributed by atoms with van der Waals surface area (Å²) in [4.78, 5) is 11.8. The number of hydrogen-bond donors (Lipinski definition) is 1. The summed E-state index contributed by atoms with van der Waals surface area (Å²) in [5, 5.41) is 2.91. The average molecular weight is 206 g/mol. The lowest BCUT2D eigenvalue weighted by Crippen LogP contribution is -2.19. The predicted octanol–water partition coefficient (Wildman–Crippen LogP) is 1.84. The Balaban J connectivity index is 2.32. The van der Waals surface area contributed by atoms with Crippen LogP contribution in [-0.4, -0.2) is 23.9 Å². The summed E-state index contributed by atoms with van der Waals surface area (Å²) in [6.45, 7) is 4.56. The molecule has 0 bridgehead atoms. The quantitative estimate of drug-likeness (QED) is 0.763. The zero-order valence-electron chi connectivity index (χ0n) is 9.63. The molecule has 1 aromatic heterocycles. The van der Waals surface area contributed by atoms with E-state index in [4.69, 9.17) is 0 Å². The molecular weight excluding hydrogens is 188 g/mol. The molecule has 3 heteroatoms. The topological polar surface area (TPSA) is 34.0 Å². The Morgan fingerprint density at radius 1 is 1.53 bits per heavy atom. The lowest BCUT2D eigenvalue weighted by molar-refractivity contribution is 0.0993. The third-order valence-corrected chi connectivity index (χ3v) is 3.03. The minimum atomic E-state index is 0.192. The summed E-state index contributed by atoms with van der Waals surface area (Å²) in [6.07, 6.45) is 2.52. The summed E-state index contributed by atoms with van der Waals surface area (Å²) in [7, 11) is 1.80. The van der Waals surface area contributed by atoms with Crippen molar-refractivity contribution in [3.05, 3.63) is 23.0 Å². The summed E-state index contributed by atoms with van der Waals surface area (Å²) < 4.78 is 2.31. The van der Waals surface area contributed by atoms with Gasteiger partial charge in [-0.15, -0.1) is 0 Å². The first-order chi connectivity index (χ1) is 7.15. The number of likely N-dealkylation sites (N-methyl/N-ethyl adjacent to an activating group) is 1. The number of ketones is 1. The van der Waals surface area contributed by atoms with E-state index in [0.29, 0.717) is 12.6 Å². The molecule has 1 heterocycles. The molecule has 0 atom stereocenters. The van der Waals surface area contributed by atoms with Crippen LogP contribution in [0.1, 0.15) is 40.6 Å². The maximum absolute atomic E-state index is 11.8. The van der Waals surface area contributed by atoms with Crippen LogP contribution in [0, 0.1) is 13.8 Å². The van der Waals surface area contributed by atoms with Crippen molar-refractivity contribution < 1.29 is 4.79 Å². The van der Waals surface area contributed by atoms with Crippen molar-refractivity contribution in [2.24, 2.45) is 0 Å². The van der Waals surface area contributed by atoms with Crippen molar-refractivity contribution in [1.29, 1.82) is 0 Å². The Labute approximate surface area is 90.5 Å². The van der Waals surface area contributed by atoms with Gasteiger partial charge in [-0.25, -0.2) is 0 Å². The summed E-state index contributed by atoms with van der Waals surface area (Å²) in [5.41, 5.74) is 3.23. The van der Waals surface area contributed by atoms with Crippen LogP contribution in [0.5, 0.6) is 0 Å². The lowest BCUT2D eigenvalue weighted by atomic mass is 10.1. The number of aryl methyl sites for hydroxylation is 1. The van der Waals surface area contributed by atoms with Gasteiger partial charge in [-0.05, 0) is 39.8 Å². The minimum absolute atomic E-state index is 0.192. The number of nitrogens with zero attached hydrogens (tertiary/aromatic N) is 1. The van der Waals surface area contributed by atoms with Gasteiger partial charge in [-0.2, -0.15) is 0 Å². The molecule has 1 aromatic rings. The molecule has 82 valence electrons. The molecule has 0 aromatic carbocycles. The van der Waals surface area contributed by atoms with Gasteiger partial charge < -0.3 is 9.88 Å². The first-order valence-electron chi connectivity index (χ1n) is 5.51. The molecule has 0 spiro atoms. The molecule has 0 radical (unpaired) electrons. The van der Waals surface area contributed by atoms with Crippen molar-refractivity contribution in [3.63, 3.8) is 0 Å². The Morgan fingerprint density at radius 2 is 2.20 bits per heavy atom. The molecule has 15 heavy (non-hydrogen) atoms. The number of rotatable bonds is 4. The highest BCUT2D eigenvalue weighted by Crippen LogP contribution is 2.38. The fraction of sp³-hybridized carbons (Fsp3) is 0.583. The molecule has 2 rings (SSSR count). The largest absolute Gasteiger partial charge is 0.345 e. The highest BCUT2D eigenvalue weighted by molar-refractivity contribution is 5.99. The second-order valence-electron chi connectivity index (χ2n) is 4.34. The molecule has 1 aliphatic rings. The standard InChI is InChI=1S/C12H18N2O/c1-8-6-11(12(15)7-13-3)9(2)14(8)10-4-5-10/h6,10,13H,4-5,7H2,1-3H3. The van der Waals surface area contributed by atoms with E-state index >= 15 is 0 Å². The van der Waals surface area contributed by atoms with Crippen molar-refractivity contribution in [2.75, 3.05) is 13.6 Å². The van der Waals surface area contributed by atoms with Crippen molar-refractivity contribution in [3.8, 4) is 0 Å². The van der Waals surface area contributed by atoms with Crippen LogP contribution in [0.25, 0.3) is 0 Å². The second-order valence-corrected chi connectivity index (χ2v) is 4.34. The maximum Gasteiger partial charge on any atom is 0.178 e. The smallest absolute Gasteiger partial charge is 0.178 e. The van der Waals surface area contributed by atoms with Gasteiger partial charge in [0, 0.05) is 23.0 Å². The van der Waals surface area contributed by atoms with Crippen LogP contribution in [0.2, 0.25) is 0 Å². The van der Waals surface area contributed by atoms with E-state index in [-0.39, 0.29) is 5.78 Å². The van der Waals surface area contributed by atoms with Crippen LogP contribution in [0.4, 0.5) is 0 Å². The number of Topliss-reactive ketones (excluding diaryl/α,β-unsaturated/α-hetero) is 1. The molecule has 0 aliphatic heterocycles. The molecule has 0 amide bonds. The van der Waals surface area contributed by atoms with Crippen LogP contribution in [-0.2, 0) is 0 Å². The van der Waals surface area contributed by atoms with Gasteiger partial charge in [0.15, 0.2) is 5.78 Å². The van der Waals surface area contributed by atoms with Crippen molar-refractivity contribution >= 4 is 5.78 Å². The van der Waals surface area contributed by atoms with Gasteiger partial charge >= 0.3 is 0 Å². The van der Waals surface area contributed by atoms with E-state index in [9.17, 15) is 4.79 Å². The van der Waals surface area contributed by atoms with Gasteiger partial charge in [0.1, 0.15) is 0 Å². The molecule has 1 saturated carbocycles. The van der Waals surface area contributed by atoms with Crippen LogP contribution in [0.15, 0.2) is 6.07 Å². The van der Waals surface area contributed by atoms with E-state index in [1.54, 1.807) is 7.05 Å². The monoisotopic (exact) mass is 206 g/mol. The predicted molar refractivity (Wildman–Crippen MR) is 60.4 cm³/mol. The Morgan fingerprint density at radius 3 is 2.73 bits per heavy atom. The van der Waals surface area contributed by atoms with Crippen LogP contribution < -0.4 is 5.32 Å². The van der Waals surface area contributed by atoms with Crippen molar-refractivity contribution in [1.82, 2.24) is 9.88 Å². The van der Waals surface area contributed by atoms with E-state index in [2.05, 4.69) is 16.8 Å². The normalized spacial score (nSPS) is 15.7. The SMILES string of the molecule is CNCC(=O)c1cc(C)n(C2CC2)c1C. The molecular formula is C12H18N2O. The Bertz CT molecular complexity index is 389. The number of aromatic nitrogens is 1. The lowest BCUT2D eigenvalue weighted by Gasteiger charge is -2.07. The molecule has 1 N–H and O–H groups in total. The van der Waals surface area contributed by atoms with Crippen molar-refractivity contribution in [2.45, 2.75) is 32.7 Å². The van der Waals surface area contributed by atoms with E-state index in [1.807, 2.05) is 13.0 Å². The van der Waals surface area contributed by atoms with E-state index in [1.165, 1.54) is 18.5 Å². The Kier molecular flexibility index (Phi) is 2.65. The van der Waals surface area contributed by atoms with E-state index < -0.39 is 0 Å². The van der Waals surface area contributed by atoms with Gasteiger partial charge in [0.2, 0.25) is 0 Å². The van der Waals surface area contributed by atoms with Gasteiger partial charge in [-0.1, -0.05) is 0 Å². The van der Waals surface area contributed by atoms with Gasteiger partial charge in [0.05, 0.1) is 6.54 Å². The summed E-state index contributed by atoms with van der Waals surface area (Å²) in [6, 6.07) is 2.67. The van der Waals surface area contributed by atoms with Crippen LogP contribution in [0.3, 0.4) is 0 Å². The number of carbonyl (C=O) groups excluding carboxylic acids is 1. The second kappa shape index (κ2) is 3.81.